The van der Waals surface area contributed by atoms with Crippen molar-refractivity contribution in [2.24, 2.45) is 5.73 Å². The highest BCUT2D eigenvalue weighted by atomic mass is 19.1. The average Bonchev–Trinajstić information content (AvgIpc) is 3.23. The number of aromatic nitrogens is 2. The number of benzene rings is 3. The highest BCUT2D eigenvalue weighted by Gasteiger charge is 2.11. The van der Waals surface area contributed by atoms with Gasteiger partial charge in [-0.2, -0.15) is 5.10 Å². The zero-order valence-electron chi connectivity index (χ0n) is 16.9. The molecule has 32 heavy (non-hydrogen) atoms. The molecule has 0 radical (unpaired) electrons. The van der Waals surface area contributed by atoms with Crippen molar-refractivity contribution in [3.63, 3.8) is 0 Å². The van der Waals surface area contributed by atoms with E-state index in [1.54, 1.807) is 41.2 Å². The monoisotopic (exact) mass is 426 g/mol. The van der Waals surface area contributed by atoms with E-state index in [1.807, 2.05) is 30.3 Å². The van der Waals surface area contributed by atoms with Gasteiger partial charge in [-0.1, -0.05) is 18.2 Å². The number of halogens is 1. The Morgan fingerprint density at radius 3 is 2.28 bits per heavy atom. The molecular weight excluding hydrogens is 407 g/mol. The van der Waals surface area contributed by atoms with Crippen LogP contribution in [-0.4, -0.2) is 21.6 Å². The molecule has 0 aliphatic rings. The number of nitrogens with zero attached hydrogens (tertiary/aromatic N) is 2. The van der Waals surface area contributed by atoms with Gasteiger partial charge < -0.3 is 11.1 Å². The van der Waals surface area contributed by atoms with Crippen molar-refractivity contribution in [3.05, 3.63) is 108 Å². The fourth-order valence-corrected chi connectivity index (χ4v) is 3.12. The number of anilines is 1. The maximum atomic E-state index is 13.4. The molecule has 0 aliphatic carbocycles. The largest absolute Gasteiger partial charge is 0.366 e. The van der Waals surface area contributed by atoms with E-state index in [0.29, 0.717) is 22.5 Å². The second kappa shape index (κ2) is 9.09. The van der Waals surface area contributed by atoms with Crippen LogP contribution in [0.25, 0.3) is 23.0 Å². The number of carbonyl (C=O) groups excluding carboxylic acids is 2. The van der Waals surface area contributed by atoms with Gasteiger partial charge in [0.2, 0.25) is 11.8 Å². The van der Waals surface area contributed by atoms with Crippen LogP contribution in [0, 0.1) is 5.82 Å². The predicted molar refractivity (Wildman–Crippen MR) is 122 cm³/mol. The normalized spacial score (nSPS) is 10.9. The zero-order valence-corrected chi connectivity index (χ0v) is 16.9. The Kier molecular flexibility index (Phi) is 5.89. The summed E-state index contributed by atoms with van der Waals surface area (Å²) in [5.41, 5.74) is 9.00. The number of nitrogens with two attached hydrogens (primary N) is 1. The Balaban J connectivity index is 1.60. The smallest absolute Gasteiger partial charge is 0.248 e. The molecule has 0 saturated carbocycles. The molecule has 7 heteroatoms. The molecule has 2 amide bonds. The van der Waals surface area contributed by atoms with Gasteiger partial charge >= 0.3 is 0 Å². The van der Waals surface area contributed by atoms with Crippen LogP contribution < -0.4 is 11.1 Å². The third-order valence-electron chi connectivity index (χ3n) is 4.73. The van der Waals surface area contributed by atoms with Crippen LogP contribution in [0.4, 0.5) is 10.1 Å². The van der Waals surface area contributed by atoms with E-state index in [2.05, 4.69) is 10.4 Å². The van der Waals surface area contributed by atoms with E-state index in [1.165, 1.54) is 30.3 Å². The first-order valence-corrected chi connectivity index (χ1v) is 9.79. The van der Waals surface area contributed by atoms with E-state index >= 15 is 0 Å². The number of hydrogen-bond acceptors (Lipinski definition) is 3. The molecule has 0 aliphatic heterocycles. The van der Waals surface area contributed by atoms with Gasteiger partial charge in [0.25, 0.3) is 0 Å². The summed E-state index contributed by atoms with van der Waals surface area (Å²) in [5.74, 6) is -1.23. The average molecular weight is 426 g/mol. The topological polar surface area (TPSA) is 90.0 Å². The molecule has 3 aromatic carbocycles. The van der Waals surface area contributed by atoms with E-state index in [-0.39, 0.29) is 11.7 Å². The Morgan fingerprint density at radius 1 is 0.938 bits per heavy atom. The summed E-state index contributed by atoms with van der Waals surface area (Å²) in [7, 11) is 0. The van der Waals surface area contributed by atoms with Crippen molar-refractivity contribution in [2.75, 3.05) is 5.32 Å². The fourth-order valence-electron chi connectivity index (χ4n) is 3.12. The number of rotatable bonds is 6. The van der Waals surface area contributed by atoms with Gasteiger partial charge in [-0.3, -0.25) is 9.59 Å². The molecule has 0 bridgehead atoms. The van der Waals surface area contributed by atoms with Crippen molar-refractivity contribution >= 4 is 23.6 Å². The molecule has 3 N–H and O–H groups in total. The van der Waals surface area contributed by atoms with E-state index in [0.717, 1.165) is 11.3 Å². The van der Waals surface area contributed by atoms with Crippen LogP contribution in [0.3, 0.4) is 0 Å². The maximum Gasteiger partial charge on any atom is 0.248 e. The van der Waals surface area contributed by atoms with Crippen molar-refractivity contribution in [1.82, 2.24) is 9.78 Å². The van der Waals surface area contributed by atoms with Gasteiger partial charge in [0.05, 0.1) is 11.4 Å². The molecule has 6 nitrogen and oxygen atoms in total. The van der Waals surface area contributed by atoms with Crippen LogP contribution in [0.1, 0.15) is 15.9 Å². The van der Waals surface area contributed by atoms with Crippen LogP contribution >= 0.6 is 0 Å². The van der Waals surface area contributed by atoms with E-state index in [9.17, 15) is 14.0 Å². The minimum absolute atomic E-state index is 0.338. The second-order valence-corrected chi connectivity index (χ2v) is 6.98. The third kappa shape index (κ3) is 4.79. The van der Waals surface area contributed by atoms with Crippen LogP contribution in [0.5, 0.6) is 0 Å². The van der Waals surface area contributed by atoms with Crippen molar-refractivity contribution in [1.29, 1.82) is 0 Å². The molecule has 158 valence electrons. The Morgan fingerprint density at radius 2 is 1.62 bits per heavy atom. The SMILES string of the molecule is NC(=O)c1ccc(NC(=O)/C=C/c2cn(-c3ccccc3)nc2-c2ccc(F)cc2)cc1. The van der Waals surface area contributed by atoms with Crippen LogP contribution in [-0.2, 0) is 4.79 Å². The molecule has 0 atom stereocenters. The second-order valence-electron chi connectivity index (χ2n) is 6.98. The first-order chi connectivity index (χ1) is 15.5. The molecule has 0 saturated heterocycles. The minimum Gasteiger partial charge on any atom is -0.366 e. The summed E-state index contributed by atoms with van der Waals surface area (Å²) in [6.45, 7) is 0. The summed E-state index contributed by atoms with van der Waals surface area (Å²) in [6, 6.07) is 21.9. The number of nitrogens with one attached hydrogen (secondary N) is 1. The van der Waals surface area contributed by atoms with Gasteiger partial charge in [0.15, 0.2) is 0 Å². The lowest BCUT2D eigenvalue weighted by Crippen LogP contribution is -2.11. The first kappa shape index (κ1) is 20.7. The fraction of sp³-hybridized carbons (Fsp3) is 0. The molecular formula is C25H19FN4O2. The van der Waals surface area contributed by atoms with Crippen LogP contribution in [0.15, 0.2) is 91.1 Å². The lowest BCUT2D eigenvalue weighted by Gasteiger charge is -2.03. The van der Waals surface area contributed by atoms with Crippen LogP contribution in [0.2, 0.25) is 0 Å². The number of para-hydroxylation sites is 1. The zero-order chi connectivity index (χ0) is 22.5. The molecule has 0 fully saturated rings. The van der Waals surface area contributed by atoms with Crippen molar-refractivity contribution < 1.29 is 14.0 Å². The summed E-state index contributed by atoms with van der Waals surface area (Å²) in [4.78, 5) is 23.6. The van der Waals surface area contributed by atoms with Crippen molar-refractivity contribution in [3.8, 4) is 16.9 Å². The molecule has 4 rings (SSSR count). The van der Waals surface area contributed by atoms with Gasteiger partial charge in [-0.15, -0.1) is 0 Å². The Labute approximate surface area is 183 Å². The first-order valence-electron chi connectivity index (χ1n) is 9.79. The van der Waals surface area contributed by atoms with Gasteiger partial charge in [-0.25, -0.2) is 9.07 Å². The highest BCUT2D eigenvalue weighted by Crippen LogP contribution is 2.25. The summed E-state index contributed by atoms with van der Waals surface area (Å²) in [6.07, 6.45) is 4.85. The Bertz CT molecular complexity index is 1280. The quantitative estimate of drug-likeness (QED) is 0.447. The van der Waals surface area contributed by atoms with Gasteiger partial charge in [-0.05, 0) is 66.7 Å². The molecule has 0 unspecified atom stereocenters. The summed E-state index contributed by atoms with van der Waals surface area (Å²) < 4.78 is 15.1. The maximum absolute atomic E-state index is 13.4. The van der Waals surface area contributed by atoms with Gasteiger partial charge in [0.1, 0.15) is 5.82 Å². The lowest BCUT2D eigenvalue weighted by molar-refractivity contribution is -0.111. The van der Waals surface area contributed by atoms with Crippen molar-refractivity contribution in [2.45, 2.75) is 0 Å². The highest BCUT2D eigenvalue weighted by molar-refractivity contribution is 6.02. The molecule has 1 heterocycles. The number of primary amides is 1. The minimum atomic E-state index is -0.536. The van der Waals surface area contributed by atoms with E-state index < -0.39 is 5.91 Å². The predicted octanol–water partition coefficient (Wildman–Crippen LogP) is 4.43. The number of hydrogen-bond donors (Lipinski definition) is 2. The molecule has 1 aromatic heterocycles. The summed E-state index contributed by atoms with van der Waals surface area (Å²) in [5, 5.41) is 7.36. The molecule has 0 spiro atoms. The van der Waals surface area contributed by atoms with E-state index in [4.69, 9.17) is 5.73 Å². The number of carbonyl (C=O) groups is 2. The standard InChI is InChI=1S/C25H19FN4O2/c26-20-11-6-17(7-12-20)24-19(16-30(29-24)22-4-2-1-3-5-22)10-15-23(31)28-21-13-8-18(9-14-21)25(27)32/h1-16H,(H2,27,32)(H,28,31)/b15-10+. The lowest BCUT2D eigenvalue weighted by atomic mass is 10.1. The third-order valence-corrected chi connectivity index (χ3v) is 4.73. The summed E-state index contributed by atoms with van der Waals surface area (Å²) >= 11 is 0. The van der Waals surface area contributed by atoms with Gasteiger partial charge in [0, 0.05) is 34.7 Å². The number of amides is 2. The molecule has 4 aromatic rings. The Hall–Kier alpha value is -4.52.